The van der Waals surface area contributed by atoms with Crippen molar-refractivity contribution < 1.29 is 13.9 Å². The molecule has 2 aromatic rings. The minimum Gasteiger partial charge on any atom is -0.422 e. The number of nitrogens with zero attached hydrogens (tertiary/aromatic N) is 4. The molecule has 132 valence electrons. The number of hydrogen-bond donors (Lipinski definition) is 0. The van der Waals surface area contributed by atoms with E-state index in [1.807, 2.05) is 17.9 Å². The molecule has 2 aliphatic rings. The van der Waals surface area contributed by atoms with E-state index in [4.69, 9.17) is 9.15 Å². The predicted octanol–water partition coefficient (Wildman–Crippen LogP) is 2.05. The van der Waals surface area contributed by atoms with E-state index in [1.54, 1.807) is 6.20 Å². The molecule has 2 atom stereocenters. The van der Waals surface area contributed by atoms with E-state index < -0.39 is 0 Å². The largest absolute Gasteiger partial charge is 0.422 e. The summed E-state index contributed by atoms with van der Waals surface area (Å²) in [6.07, 6.45) is 4.99. The number of ether oxygens (including phenoxy) is 1. The third-order valence-electron chi connectivity index (χ3n) is 4.93. The first-order chi connectivity index (χ1) is 12.3. The molecule has 1 aliphatic carbocycles. The molecule has 0 bridgehead atoms. The molecule has 1 amide bonds. The fraction of sp³-hybridized carbons (Fsp3) is 0.556. The number of aryl methyl sites for hydroxylation is 2. The Bertz CT molecular complexity index is 760. The highest BCUT2D eigenvalue weighted by Crippen LogP contribution is 2.32. The number of pyridine rings is 1. The summed E-state index contributed by atoms with van der Waals surface area (Å²) < 4.78 is 11.4. The van der Waals surface area contributed by atoms with E-state index >= 15 is 0 Å². The van der Waals surface area contributed by atoms with Gasteiger partial charge in [-0.15, -0.1) is 10.2 Å². The number of fused-ring (bicyclic) bond motifs is 1. The Morgan fingerprint density at radius 3 is 3.16 bits per heavy atom. The molecule has 0 N–H and O–H groups in total. The van der Waals surface area contributed by atoms with Crippen LogP contribution in [0.3, 0.4) is 0 Å². The fourth-order valence-electron chi connectivity index (χ4n) is 3.61. The molecular formula is C18H22N4O3. The molecule has 25 heavy (non-hydrogen) atoms. The van der Waals surface area contributed by atoms with Crippen molar-refractivity contribution in [3.05, 3.63) is 41.4 Å². The molecule has 0 aromatic carbocycles. The maximum absolute atomic E-state index is 13.1. The van der Waals surface area contributed by atoms with Crippen molar-refractivity contribution in [1.29, 1.82) is 0 Å². The van der Waals surface area contributed by atoms with Crippen molar-refractivity contribution in [3.63, 3.8) is 0 Å². The van der Waals surface area contributed by atoms with Gasteiger partial charge in [0.25, 0.3) is 0 Å². The molecule has 1 fully saturated rings. The summed E-state index contributed by atoms with van der Waals surface area (Å²) in [6, 6.07) is 4.02. The number of carbonyl (C=O) groups excluding carboxylic acids is 1. The first-order valence-corrected chi connectivity index (χ1v) is 8.92. The summed E-state index contributed by atoms with van der Waals surface area (Å²) in [4.78, 5) is 19.5. The topological polar surface area (TPSA) is 81.4 Å². The molecule has 7 heteroatoms. The highest BCUT2D eigenvalue weighted by Gasteiger charge is 2.35. The first kappa shape index (κ1) is 16.2. The Kier molecular flexibility index (Phi) is 4.48. The van der Waals surface area contributed by atoms with Crippen LogP contribution in [0.4, 0.5) is 0 Å². The number of carbonyl (C=O) groups is 1. The zero-order valence-electron chi connectivity index (χ0n) is 14.4. The van der Waals surface area contributed by atoms with Gasteiger partial charge in [-0.1, -0.05) is 13.0 Å². The van der Waals surface area contributed by atoms with Gasteiger partial charge in [0.1, 0.15) is 0 Å². The van der Waals surface area contributed by atoms with Crippen LogP contribution < -0.4 is 0 Å². The second-order valence-corrected chi connectivity index (χ2v) is 6.52. The molecule has 0 spiro atoms. The van der Waals surface area contributed by atoms with E-state index in [0.29, 0.717) is 37.9 Å². The smallest absolute Gasteiger partial charge is 0.247 e. The average molecular weight is 342 g/mol. The number of amides is 1. The Hall–Kier alpha value is -2.28. The molecule has 0 unspecified atom stereocenters. The van der Waals surface area contributed by atoms with Gasteiger partial charge in [-0.05, 0) is 30.9 Å². The molecule has 0 saturated carbocycles. The lowest BCUT2D eigenvalue weighted by molar-refractivity contribution is -0.142. The first-order valence-electron chi connectivity index (χ1n) is 8.92. The normalized spacial score (nSPS) is 23.3. The summed E-state index contributed by atoms with van der Waals surface area (Å²) in [5.74, 6) is 1.02. The van der Waals surface area contributed by atoms with Crippen molar-refractivity contribution >= 4 is 5.91 Å². The lowest BCUT2D eigenvalue weighted by Gasteiger charge is -2.35. The van der Waals surface area contributed by atoms with Gasteiger partial charge in [-0.2, -0.15) is 0 Å². The zero-order valence-corrected chi connectivity index (χ0v) is 14.4. The second kappa shape index (κ2) is 6.92. The lowest BCUT2D eigenvalue weighted by atomic mass is 9.85. The van der Waals surface area contributed by atoms with Crippen molar-refractivity contribution in [2.24, 2.45) is 0 Å². The molecule has 0 radical (unpaired) electrons. The lowest BCUT2D eigenvalue weighted by Crippen LogP contribution is -2.45. The molecule has 2 aromatic heterocycles. The maximum Gasteiger partial charge on any atom is 0.247 e. The summed E-state index contributed by atoms with van der Waals surface area (Å²) in [6.45, 7) is 3.47. The number of rotatable bonds is 3. The molecule has 7 nitrogen and oxygen atoms in total. The quantitative estimate of drug-likeness (QED) is 0.849. The van der Waals surface area contributed by atoms with Crippen molar-refractivity contribution in [2.45, 2.75) is 44.6 Å². The van der Waals surface area contributed by atoms with Gasteiger partial charge in [0.2, 0.25) is 17.7 Å². The van der Waals surface area contributed by atoms with Crippen LogP contribution in [0.5, 0.6) is 0 Å². The van der Waals surface area contributed by atoms with Gasteiger partial charge in [0.15, 0.2) is 6.10 Å². The number of morpholine rings is 1. The van der Waals surface area contributed by atoms with E-state index in [9.17, 15) is 4.79 Å². The van der Waals surface area contributed by atoms with E-state index in [-0.39, 0.29) is 17.9 Å². The number of aromatic nitrogens is 3. The van der Waals surface area contributed by atoms with Gasteiger partial charge in [-0.25, -0.2) is 0 Å². The van der Waals surface area contributed by atoms with Crippen LogP contribution in [0.25, 0.3) is 0 Å². The minimum absolute atomic E-state index is 0.128. The molecule has 3 heterocycles. The third-order valence-corrected chi connectivity index (χ3v) is 4.93. The van der Waals surface area contributed by atoms with Gasteiger partial charge >= 0.3 is 0 Å². The summed E-state index contributed by atoms with van der Waals surface area (Å²) in [5, 5.41) is 8.05. The van der Waals surface area contributed by atoms with Crippen LogP contribution in [0.2, 0.25) is 0 Å². The van der Waals surface area contributed by atoms with Crippen molar-refractivity contribution in [3.8, 4) is 0 Å². The van der Waals surface area contributed by atoms with Gasteiger partial charge in [0.05, 0.1) is 24.8 Å². The SMILES string of the molecule is CCc1nnc([C@@H]2CN(C(=O)[C@@H]3CCCc4cccnc43)CCO2)o1. The Morgan fingerprint density at radius 2 is 2.32 bits per heavy atom. The van der Waals surface area contributed by atoms with Gasteiger partial charge in [-0.3, -0.25) is 9.78 Å². The van der Waals surface area contributed by atoms with Crippen LogP contribution in [-0.4, -0.2) is 45.7 Å². The maximum atomic E-state index is 13.1. The molecule has 4 rings (SSSR count). The van der Waals surface area contributed by atoms with E-state index in [2.05, 4.69) is 21.2 Å². The monoisotopic (exact) mass is 342 g/mol. The average Bonchev–Trinajstić information content (AvgIpc) is 3.16. The van der Waals surface area contributed by atoms with Crippen LogP contribution in [0.15, 0.2) is 22.7 Å². The minimum atomic E-state index is -0.350. The van der Waals surface area contributed by atoms with Crippen LogP contribution in [0, 0.1) is 0 Å². The molecule has 1 aliphatic heterocycles. The zero-order chi connectivity index (χ0) is 17.2. The van der Waals surface area contributed by atoms with Gasteiger partial charge in [0, 0.05) is 19.2 Å². The van der Waals surface area contributed by atoms with Crippen LogP contribution in [-0.2, 0) is 22.4 Å². The van der Waals surface area contributed by atoms with Crippen LogP contribution in [0.1, 0.15) is 54.8 Å². The van der Waals surface area contributed by atoms with Crippen molar-refractivity contribution in [2.75, 3.05) is 19.7 Å². The van der Waals surface area contributed by atoms with Gasteiger partial charge < -0.3 is 14.1 Å². The Labute approximate surface area is 146 Å². The van der Waals surface area contributed by atoms with Crippen LogP contribution >= 0.6 is 0 Å². The number of hydrogen-bond acceptors (Lipinski definition) is 6. The predicted molar refractivity (Wildman–Crippen MR) is 88.9 cm³/mol. The summed E-state index contributed by atoms with van der Waals surface area (Å²) in [5.41, 5.74) is 2.13. The Morgan fingerprint density at radius 1 is 1.40 bits per heavy atom. The second-order valence-electron chi connectivity index (χ2n) is 6.52. The standard InChI is InChI=1S/C18H22N4O3/c1-2-15-20-21-17(25-15)14-11-22(9-10-24-14)18(23)13-7-3-5-12-6-4-8-19-16(12)13/h4,6,8,13-14H,2-3,5,7,9-11H2,1H3/t13-,14+/m1/s1. The summed E-state index contributed by atoms with van der Waals surface area (Å²) in [7, 11) is 0. The fourth-order valence-corrected chi connectivity index (χ4v) is 3.61. The van der Waals surface area contributed by atoms with Crippen molar-refractivity contribution in [1.82, 2.24) is 20.1 Å². The Balaban J connectivity index is 1.51. The molecule has 1 saturated heterocycles. The summed E-state index contributed by atoms with van der Waals surface area (Å²) >= 11 is 0. The highest BCUT2D eigenvalue weighted by atomic mass is 16.5. The molecular weight excluding hydrogens is 320 g/mol. The highest BCUT2D eigenvalue weighted by molar-refractivity contribution is 5.84. The third kappa shape index (κ3) is 3.16. The van der Waals surface area contributed by atoms with E-state index in [0.717, 1.165) is 25.0 Å². The van der Waals surface area contributed by atoms with E-state index in [1.165, 1.54) is 5.56 Å².